The van der Waals surface area contributed by atoms with E-state index >= 15 is 0 Å². The van der Waals surface area contributed by atoms with Crippen molar-refractivity contribution in [3.8, 4) is 0 Å². The molecular weight excluding hydrogens is 279 g/mol. The summed E-state index contributed by atoms with van der Waals surface area (Å²) in [6.07, 6.45) is -4.38. The average Bonchev–Trinajstić information content (AvgIpc) is 2.32. The Morgan fingerprint density at radius 2 is 1.85 bits per heavy atom. The number of amides is 2. The van der Waals surface area contributed by atoms with Gasteiger partial charge in [0, 0.05) is 6.54 Å². The van der Waals surface area contributed by atoms with Crippen molar-refractivity contribution in [3.05, 3.63) is 0 Å². The summed E-state index contributed by atoms with van der Waals surface area (Å²) in [6, 6.07) is -0.710. The number of alkyl halides is 3. The Hall–Kier alpha value is -1.35. The third-order valence-electron chi connectivity index (χ3n) is 2.28. The maximum absolute atomic E-state index is 11.7. The van der Waals surface area contributed by atoms with Crippen LogP contribution in [0.1, 0.15) is 13.8 Å². The lowest BCUT2D eigenvalue weighted by molar-refractivity contribution is -0.173. The Labute approximate surface area is 115 Å². The molecule has 6 nitrogen and oxygen atoms in total. The van der Waals surface area contributed by atoms with E-state index in [1.54, 1.807) is 13.8 Å². The van der Waals surface area contributed by atoms with Gasteiger partial charge in [-0.25, -0.2) is 0 Å². The molecule has 0 saturated heterocycles. The lowest BCUT2D eigenvalue weighted by Gasteiger charge is -2.15. The molecule has 0 aliphatic heterocycles. The predicted molar refractivity (Wildman–Crippen MR) is 65.7 cm³/mol. The first-order valence-corrected chi connectivity index (χ1v) is 6.08. The van der Waals surface area contributed by atoms with Crippen LogP contribution in [0.25, 0.3) is 0 Å². The first kappa shape index (κ1) is 18.7. The molecule has 118 valence electrons. The third-order valence-corrected chi connectivity index (χ3v) is 2.28. The zero-order valence-electron chi connectivity index (χ0n) is 11.4. The number of hydrogen-bond acceptors (Lipinski definition) is 4. The van der Waals surface area contributed by atoms with Gasteiger partial charge in [0.15, 0.2) is 0 Å². The number of carbonyl (C=O) groups excluding carboxylic acids is 2. The molecule has 0 unspecified atom stereocenters. The second-order valence-corrected chi connectivity index (χ2v) is 4.51. The normalized spacial score (nSPS) is 13.2. The second kappa shape index (κ2) is 8.75. The molecule has 0 aliphatic rings. The summed E-state index contributed by atoms with van der Waals surface area (Å²) in [5.41, 5.74) is 5.56. The summed E-state index contributed by atoms with van der Waals surface area (Å²) in [7, 11) is 0. The first-order chi connectivity index (χ1) is 9.13. The number of rotatable bonds is 8. The highest BCUT2D eigenvalue weighted by Gasteiger charge is 2.27. The molecule has 0 bridgehead atoms. The van der Waals surface area contributed by atoms with Crippen LogP contribution in [0.5, 0.6) is 0 Å². The van der Waals surface area contributed by atoms with Crippen LogP contribution in [0.3, 0.4) is 0 Å². The Kier molecular flexibility index (Phi) is 8.16. The van der Waals surface area contributed by atoms with Crippen LogP contribution in [0.15, 0.2) is 0 Å². The van der Waals surface area contributed by atoms with Crippen molar-refractivity contribution < 1.29 is 27.5 Å². The Morgan fingerprint density at radius 1 is 1.25 bits per heavy atom. The molecule has 0 saturated carbocycles. The number of nitrogens with one attached hydrogen (secondary N) is 2. The fourth-order valence-electron chi connectivity index (χ4n) is 1.10. The fourth-order valence-corrected chi connectivity index (χ4v) is 1.10. The molecule has 2 amide bonds. The van der Waals surface area contributed by atoms with Gasteiger partial charge in [-0.1, -0.05) is 13.8 Å². The van der Waals surface area contributed by atoms with E-state index in [-0.39, 0.29) is 25.6 Å². The van der Waals surface area contributed by atoms with Gasteiger partial charge in [0.05, 0.1) is 19.2 Å². The minimum atomic E-state index is -4.38. The molecular formula is C11H20F3N3O3. The second-order valence-electron chi connectivity index (χ2n) is 4.51. The SMILES string of the molecule is CC(C)[C@H](N)C(=O)NCC(=O)NCCOCC(F)(F)F. The Balaban J connectivity index is 3.67. The Morgan fingerprint density at radius 3 is 2.35 bits per heavy atom. The lowest BCUT2D eigenvalue weighted by atomic mass is 10.1. The summed E-state index contributed by atoms with van der Waals surface area (Å²) in [5.74, 6) is -1.04. The van der Waals surface area contributed by atoms with Crippen LogP contribution < -0.4 is 16.4 Å². The number of ether oxygens (including phenoxy) is 1. The van der Waals surface area contributed by atoms with Crippen LogP contribution in [0.2, 0.25) is 0 Å². The zero-order valence-corrected chi connectivity index (χ0v) is 11.4. The van der Waals surface area contributed by atoms with Gasteiger partial charge in [-0.15, -0.1) is 0 Å². The van der Waals surface area contributed by atoms with Crippen LogP contribution in [0.4, 0.5) is 13.2 Å². The quantitative estimate of drug-likeness (QED) is 0.540. The number of nitrogens with two attached hydrogens (primary N) is 1. The van der Waals surface area contributed by atoms with E-state index in [9.17, 15) is 22.8 Å². The van der Waals surface area contributed by atoms with Crippen LogP contribution in [-0.4, -0.2) is 50.3 Å². The van der Waals surface area contributed by atoms with Gasteiger partial charge in [-0.3, -0.25) is 9.59 Å². The van der Waals surface area contributed by atoms with Crippen molar-refractivity contribution in [3.63, 3.8) is 0 Å². The molecule has 0 spiro atoms. The molecule has 0 aromatic carbocycles. The standard InChI is InChI=1S/C11H20F3N3O3/c1-7(2)9(15)10(19)17-5-8(18)16-3-4-20-6-11(12,13)14/h7,9H,3-6,15H2,1-2H3,(H,16,18)(H,17,19)/t9-/m0/s1. The van der Waals surface area contributed by atoms with Crippen molar-refractivity contribution in [1.82, 2.24) is 10.6 Å². The molecule has 0 aromatic heterocycles. The van der Waals surface area contributed by atoms with E-state index in [1.165, 1.54) is 0 Å². The molecule has 9 heteroatoms. The molecule has 0 aliphatic carbocycles. The van der Waals surface area contributed by atoms with Gasteiger partial charge >= 0.3 is 6.18 Å². The summed E-state index contributed by atoms with van der Waals surface area (Å²) in [4.78, 5) is 22.7. The van der Waals surface area contributed by atoms with E-state index in [4.69, 9.17) is 5.73 Å². The lowest BCUT2D eigenvalue weighted by Crippen LogP contribution is -2.47. The van der Waals surface area contributed by atoms with E-state index in [0.717, 1.165) is 0 Å². The third kappa shape index (κ3) is 9.56. The number of carbonyl (C=O) groups is 2. The van der Waals surface area contributed by atoms with E-state index < -0.39 is 30.6 Å². The van der Waals surface area contributed by atoms with Gasteiger partial charge in [-0.2, -0.15) is 13.2 Å². The molecule has 0 rings (SSSR count). The molecule has 0 radical (unpaired) electrons. The summed E-state index contributed by atoms with van der Waals surface area (Å²) < 4.78 is 39.5. The first-order valence-electron chi connectivity index (χ1n) is 6.08. The molecule has 4 N–H and O–H groups in total. The highest BCUT2D eigenvalue weighted by molar-refractivity contribution is 5.87. The topological polar surface area (TPSA) is 93.5 Å². The van der Waals surface area contributed by atoms with Gasteiger partial charge in [-0.05, 0) is 5.92 Å². The fraction of sp³-hybridized carbons (Fsp3) is 0.818. The van der Waals surface area contributed by atoms with Crippen LogP contribution in [0, 0.1) is 5.92 Å². The molecule has 0 heterocycles. The highest BCUT2D eigenvalue weighted by Crippen LogP contribution is 2.13. The Bertz CT molecular complexity index is 322. The van der Waals surface area contributed by atoms with Crippen molar-refractivity contribution in [2.24, 2.45) is 11.7 Å². The van der Waals surface area contributed by atoms with Gasteiger partial charge in [0.2, 0.25) is 11.8 Å². The van der Waals surface area contributed by atoms with Crippen LogP contribution in [-0.2, 0) is 14.3 Å². The largest absolute Gasteiger partial charge is 0.411 e. The van der Waals surface area contributed by atoms with Crippen molar-refractivity contribution in [2.75, 3.05) is 26.3 Å². The highest BCUT2D eigenvalue weighted by atomic mass is 19.4. The monoisotopic (exact) mass is 299 g/mol. The van der Waals surface area contributed by atoms with E-state index in [2.05, 4.69) is 15.4 Å². The van der Waals surface area contributed by atoms with Crippen molar-refractivity contribution >= 4 is 11.8 Å². The molecule has 0 aromatic rings. The minimum absolute atomic E-state index is 0.0613. The summed E-state index contributed by atoms with van der Waals surface area (Å²) >= 11 is 0. The summed E-state index contributed by atoms with van der Waals surface area (Å²) in [5, 5.41) is 4.64. The van der Waals surface area contributed by atoms with Crippen molar-refractivity contribution in [1.29, 1.82) is 0 Å². The van der Waals surface area contributed by atoms with Gasteiger partial charge in [0.25, 0.3) is 0 Å². The van der Waals surface area contributed by atoms with Gasteiger partial charge < -0.3 is 21.1 Å². The zero-order chi connectivity index (χ0) is 15.8. The predicted octanol–water partition coefficient (Wildman–Crippen LogP) is -0.219. The average molecular weight is 299 g/mol. The number of halogens is 3. The van der Waals surface area contributed by atoms with E-state index in [1.807, 2.05) is 0 Å². The number of hydrogen-bond donors (Lipinski definition) is 3. The molecule has 20 heavy (non-hydrogen) atoms. The minimum Gasteiger partial charge on any atom is -0.370 e. The van der Waals surface area contributed by atoms with Crippen LogP contribution >= 0.6 is 0 Å². The van der Waals surface area contributed by atoms with E-state index in [0.29, 0.717) is 0 Å². The van der Waals surface area contributed by atoms with Crippen molar-refractivity contribution in [2.45, 2.75) is 26.1 Å². The maximum atomic E-state index is 11.7. The maximum Gasteiger partial charge on any atom is 0.411 e. The molecule has 0 fully saturated rings. The molecule has 1 atom stereocenters. The van der Waals surface area contributed by atoms with Gasteiger partial charge in [0.1, 0.15) is 6.61 Å². The smallest absolute Gasteiger partial charge is 0.370 e. The summed E-state index contributed by atoms with van der Waals surface area (Å²) in [6.45, 7) is 1.57.